The van der Waals surface area contributed by atoms with E-state index in [2.05, 4.69) is 10.3 Å². The molecule has 1 aromatic carbocycles. The number of carbonyl (C=O) groups excluding carboxylic acids is 1. The number of aryl methyl sites for hydroxylation is 2. The number of nitrogens with one attached hydrogen (secondary N) is 1. The summed E-state index contributed by atoms with van der Waals surface area (Å²) in [7, 11) is 0. The van der Waals surface area contributed by atoms with Gasteiger partial charge in [-0.05, 0) is 44.5 Å². The number of rotatable bonds is 4. The zero-order valence-electron chi connectivity index (χ0n) is 11.9. The number of hydrogen-bond donors (Lipinski definition) is 1. The molecule has 1 unspecified atom stereocenters. The van der Waals surface area contributed by atoms with Crippen LogP contribution < -0.4 is 10.1 Å². The highest BCUT2D eigenvalue weighted by Crippen LogP contribution is 2.20. The second-order valence-electron chi connectivity index (χ2n) is 4.75. The van der Waals surface area contributed by atoms with Crippen LogP contribution in [0.25, 0.3) is 0 Å². The van der Waals surface area contributed by atoms with Gasteiger partial charge in [-0.3, -0.25) is 9.78 Å². The summed E-state index contributed by atoms with van der Waals surface area (Å²) < 4.78 is 5.71. The Morgan fingerprint density at radius 1 is 1.20 bits per heavy atom. The molecule has 2 aromatic rings. The first-order valence-corrected chi connectivity index (χ1v) is 6.51. The minimum atomic E-state index is -0.565. The molecule has 1 N–H and O–H groups in total. The molecule has 104 valence electrons. The Morgan fingerprint density at radius 3 is 2.55 bits per heavy atom. The Balaban J connectivity index is 2.00. The van der Waals surface area contributed by atoms with Gasteiger partial charge in [0.15, 0.2) is 6.10 Å². The third kappa shape index (κ3) is 3.57. The van der Waals surface area contributed by atoms with Crippen LogP contribution in [0, 0.1) is 13.8 Å². The van der Waals surface area contributed by atoms with Gasteiger partial charge in [0, 0.05) is 18.1 Å². The van der Waals surface area contributed by atoms with Crippen molar-refractivity contribution in [3.8, 4) is 5.75 Å². The lowest BCUT2D eigenvalue weighted by molar-refractivity contribution is -0.122. The number of amides is 1. The quantitative estimate of drug-likeness (QED) is 0.928. The number of ether oxygens (including phenoxy) is 1. The summed E-state index contributed by atoms with van der Waals surface area (Å²) in [6.45, 7) is 5.72. The maximum Gasteiger partial charge on any atom is 0.265 e. The van der Waals surface area contributed by atoms with Crippen LogP contribution in [0.4, 0.5) is 5.69 Å². The lowest BCUT2D eigenvalue weighted by Crippen LogP contribution is -2.30. The smallest absolute Gasteiger partial charge is 0.265 e. The molecule has 0 aliphatic heterocycles. The molecular formula is C16H18N2O2. The van der Waals surface area contributed by atoms with E-state index in [1.54, 1.807) is 31.5 Å². The minimum absolute atomic E-state index is 0.184. The molecular weight excluding hydrogens is 252 g/mol. The van der Waals surface area contributed by atoms with Crippen molar-refractivity contribution < 1.29 is 9.53 Å². The van der Waals surface area contributed by atoms with E-state index in [0.29, 0.717) is 5.69 Å². The molecule has 0 radical (unpaired) electrons. The molecule has 4 nitrogen and oxygen atoms in total. The van der Waals surface area contributed by atoms with E-state index < -0.39 is 6.10 Å². The zero-order chi connectivity index (χ0) is 14.5. The maximum absolute atomic E-state index is 12.0. The van der Waals surface area contributed by atoms with Gasteiger partial charge in [0.2, 0.25) is 0 Å². The van der Waals surface area contributed by atoms with Crippen LogP contribution in [0.5, 0.6) is 5.75 Å². The monoisotopic (exact) mass is 270 g/mol. The van der Waals surface area contributed by atoms with Crippen molar-refractivity contribution in [2.24, 2.45) is 0 Å². The summed E-state index contributed by atoms with van der Waals surface area (Å²) >= 11 is 0. The summed E-state index contributed by atoms with van der Waals surface area (Å²) in [5.41, 5.74) is 2.90. The molecule has 1 aromatic heterocycles. The van der Waals surface area contributed by atoms with Crippen LogP contribution in [-0.4, -0.2) is 17.0 Å². The highest BCUT2D eigenvalue weighted by Gasteiger charge is 2.15. The standard InChI is InChI=1S/C16H18N2O2/c1-11-4-5-15(12(2)10-11)20-13(3)16(19)18-14-6-8-17-9-7-14/h4-10,13H,1-3H3,(H,17,18,19). The summed E-state index contributed by atoms with van der Waals surface area (Å²) in [6.07, 6.45) is 2.70. The summed E-state index contributed by atoms with van der Waals surface area (Å²) in [5.74, 6) is 0.546. The molecule has 0 aliphatic carbocycles. The molecule has 0 saturated heterocycles. The third-order valence-corrected chi connectivity index (χ3v) is 2.95. The Hall–Kier alpha value is -2.36. The number of carbonyl (C=O) groups is 1. The minimum Gasteiger partial charge on any atom is -0.481 e. The molecule has 0 fully saturated rings. The second kappa shape index (κ2) is 6.19. The van der Waals surface area contributed by atoms with Gasteiger partial charge < -0.3 is 10.1 Å². The van der Waals surface area contributed by atoms with Gasteiger partial charge in [-0.2, -0.15) is 0 Å². The van der Waals surface area contributed by atoms with Gasteiger partial charge in [0.05, 0.1) is 0 Å². The Morgan fingerprint density at radius 2 is 1.90 bits per heavy atom. The highest BCUT2D eigenvalue weighted by molar-refractivity contribution is 5.94. The van der Waals surface area contributed by atoms with Crippen LogP contribution in [0.2, 0.25) is 0 Å². The van der Waals surface area contributed by atoms with Gasteiger partial charge in [-0.15, -0.1) is 0 Å². The van der Waals surface area contributed by atoms with Crippen molar-refractivity contribution in [1.29, 1.82) is 0 Å². The van der Waals surface area contributed by atoms with E-state index in [0.717, 1.165) is 11.3 Å². The zero-order valence-corrected chi connectivity index (χ0v) is 11.9. The third-order valence-electron chi connectivity index (χ3n) is 2.95. The van der Waals surface area contributed by atoms with Gasteiger partial charge in [-0.25, -0.2) is 0 Å². The summed E-state index contributed by atoms with van der Waals surface area (Å²) in [4.78, 5) is 15.9. The number of nitrogens with zero attached hydrogens (tertiary/aromatic N) is 1. The molecule has 2 rings (SSSR count). The average Bonchev–Trinajstić information content (AvgIpc) is 2.43. The normalized spacial score (nSPS) is 11.8. The van der Waals surface area contributed by atoms with Crippen LogP contribution in [-0.2, 0) is 4.79 Å². The highest BCUT2D eigenvalue weighted by atomic mass is 16.5. The van der Waals surface area contributed by atoms with Crippen molar-refractivity contribution in [3.05, 3.63) is 53.9 Å². The predicted octanol–water partition coefficient (Wildman–Crippen LogP) is 3.10. The van der Waals surface area contributed by atoms with E-state index in [9.17, 15) is 4.79 Å². The van der Waals surface area contributed by atoms with E-state index in [-0.39, 0.29) is 5.91 Å². The van der Waals surface area contributed by atoms with E-state index >= 15 is 0 Å². The van der Waals surface area contributed by atoms with Crippen molar-refractivity contribution in [2.45, 2.75) is 26.9 Å². The number of benzene rings is 1. The molecule has 1 atom stereocenters. The number of aromatic nitrogens is 1. The van der Waals surface area contributed by atoms with Gasteiger partial charge >= 0.3 is 0 Å². The molecule has 0 aliphatic rings. The molecule has 0 bridgehead atoms. The number of hydrogen-bond acceptors (Lipinski definition) is 3. The van der Waals surface area contributed by atoms with E-state index in [4.69, 9.17) is 4.74 Å². The molecule has 4 heteroatoms. The Kier molecular flexibility index (Phi) is 4.35. The first kappa shape index (κ1) is 14.1. The number of pyridine rings is 1. The van der Waals surface area contributed by atoms with Gasteiger partial charge in [0.25, 0.3) is 5.91 Å². The SMILES string of the molecule is Cc1ccc(OC(C)C(=O)Nc2ccncc2)c(C)c1. The molecule has 1 heterocycles. The lowest BCUT2D eigenvalue weighted by atomic mass is 10.1. The summed E-state index contributed by atoms with van der Waals surface area (Å²) in [5, 5.41) is 2.79. The van der Waals surface area contributed by atoms with Crippen LogP contribution in [0.1, 0.15) is 18.1 Å². The molecule has 0 saturated carbocycles. The fourth-order valence-corrected chi connectivity index (χ4v) is 1.85. The largest absolute Gasteiger partial charge is 0.481 e. The lowest BCUT2D eigenvalue weighted by Gasteiger charge is -2.16. The van der Waals surface area contributed by atoms with E-state index in [1.807, 2.05) is 32.0 Å². The maximum atomic E-state index is 12.0. The fraction of sp³-hybridized carbons (Fsp3) is 0.250. The fourth-order valence-electron chi connectivity index (χ4n) is 1.85. The second-order valence-corrected chi connectivity index (χ2v) is 4.75. The van der Waals surface area contributed by atoms with Crippen molar-refractivity contribution in [1.82, 2.24) is 4.98 Å². The van der Waals surface area contributed by atoms with Crippen LogP contribution in [0.15, 0.2) is 42.7 Å². The predicted molar refractivity (Wildman–Crippen MR) is 78.9 cm³/mol. The number of anilines is 1. The van der Waals surface area contributed by atoms with Crippen LogP contribution in [0.3, 0.4) is 0 Å². The van der Waals surface area contributed by atoms with Crippen molar-refractivity contribution in [3.63, 3.8) is 0 Å². The van der Waals surface area contributed by atoms with Gasteiger partial charge in [0.1, 0.15) is 5.75 Å². The van der Waals surface area contributed by atoms with Crippen molar-refractivity contribution >= 4 is 11.6 Å². The van der Waals surface area contributed by atoms with Crippen molar-refractivity contribution in [2.75, 3.05) is 5.32 Å². The molecule has 20 heavy (non-hydrogen) atoms. The Bertz CT molecular complexity index is 597. The van der Waals surface area contributed by atoms with E-state index in [1.165, 1.54) is 5.56 Å². The van der Waals surface area contributed by atoms with Gasteiger partial charge in [-0.1, -0.05) is 17.7 Å². The average molecular weight is 270 g/mol. The Labute approximate surface area is 118 Å². The molecule has 1 amide bonds. The first-order chi connectivity index (χ1) is 9.56. The van der Waals surface area contributed by atoms with Crippen LogP contribution >= 0.6 is 0 Å². The first-order valence-electron chi connectivity index (χ1n) is 6.51. The molecule has 0 spiro atoms. The summed E-state index contributed by atoms with van der Waals surface area (Å²) in [6, 6.07) is 9.36. The topological polar surface area (TPSA) is 51.2 Å².